The molecule has 0 fully saturated rings. The van der Waals surface area contributed by atoms with Crippen LogP contribution in [-0.4, -0.2) is 28.6 Å². The molecule has 78 valence electrons. The molecule has 1 unspecified atom stereocenters. The Morgan fingerprint density at radius 1 is 1.36 bits per heavy atom. The Balaban J connectivity index is 2.25. The second-order valence-corrected chi connectivity index (χ2v) is 3.93. The molecule has 2 amide bonds. The van der Waals surface area contributed by atoms with E-state index < -0.39 is 0 Å². The van der Waals surface area contributed by atoms with E-state index in [0.29, 0.717) is 6.54 Å². The number of carbonyl (C=O) groups is 2. The molecular formula is C10H14ClNO2. The third-order valence-electron chi connectivity index (χ3n) is 2.24. The van der Waals surface area contributed by atoms with Gasteiger partial charge >= 0.3 is 0 Å². The second-order valence-electron chi connectivity index (χ2n) is 3.31. The van der Waals surface area contributed by atoms with Crippen molar-refractivity contribution in [2.75, 3.05) is 6.54 Å². The summed E-state index contributed by atoms with van der Waals surface area (Å²) in [6.45, 7) is 2.50. The van der Waals surface area contributed by atoms with Gasteiger partial charge in [0.2, 0.25) is 0 Å². The van der Waals surface area contributed by atoms with Crippen molar-refractivity contribution in [1.82, 2.24) is 4.90 Å². The summed E-state index contributed by atoms with van der Waals surface area (Å²) >= 11 is 5.92. The molecule has 1 heterocycles. The van der Waals surface area contributed by atoms with Gasteiger partial charge in [-0.2, -0.15) is 0 Å². The van der Waals surface area contributed by atoms with E-state index in [1.165, 1.54) is 17.1 Å². The highest BCUT2D eigenvalue weighted by Gasteiger charge is 2.22. The largest absolute Gasteiger partial charge is 0.275 e. The number of nitrogens with zero attached hydrogens (tertiary/aromatic N) is 1. The smallest absolute Gasteiger partial charge is 0.253 e. The second kappa shape index (κ2) is 5.15. The van der Waals surface area contributed by atoms with Gasteiger partial charge in [0.05, 0.1) is 0 Å². The molecule has 4 heteroatoms. The first-order valence-electron chi connectivity index (χ1n) is 4.82. The maximum absolute atomic E-state index is 11.1. The lowest BCUT2D eigenvalue weighted by Gasteiger charge is -2.14. The number of carbonyl (C=O) groups excluding carboxylic acids is 2. The molecule has 0 radical (unpaired) electrons. The van der Waals surface area contributed by atoms with Gasteiger partial charge in [-0.1, -0.05) is 6.92 Å². The lowest BCUT2D eigenvalue weighted by atomic mass is 10.2. The van der Waals surface area contributed by atoms with Gasteiger partial charge in [-0.05, 0) is 19.3 Å². The van der Waals surface area contributed by atoms with E-state index >= 15 is 0 Å². The van der Waals surface area contributed by atoms with Crippen LogP contribution in [0.4, 0.5) is 0 Å². The van der Waals surface area contributed by atoms with Crippen LogP contribution in [0.3, 0.4) is 0 Å². The maximum atomic E-state index is 11.1. The molecule has 0 N–H and O–H groups in total. The van der Waals surface area contributed by atoms with Gasteiger partial charge in [0.1, 0.15) is 0 Å². The van der Waals surface area contributed by atoms with E-state index in [-0.39, 0.29) is 17.2 Å². The SMILES string of the molecule is CCC(Cl)CCCN1C(=O)C=CC1=O. The third kappa shape index (κ3) is 2.84. The summed E-state index contributed by atoms with van der Waals surface area (Å²) in [4.78, 5) is 23.5. The van der Waals surface area contributed by atoms with Crippen molar-refractivity contribution >= 4 is 23.4 Å². The van der Waals surface area contributed by atoms with Crippen molar-refractivity contribution in [2.45, 2.75) is 31.6 Å². The number of amides is 2. The Morgan fingerprint density at radius 3 is 2.43 bits per heavy atom. The van der Waals surface area contributed by atoms with Crippen molar-refractivity contribution in [1.29, 1.82) is 0 Å². The Labute approximate surface area is 88.7 Å². The number of imide groups is 1. The average Bonchev–Trinajstić information content (AvgIpc) is 2.48. The molecule has 0 aliphatic carbocycles. The Morgan fingerprint density at radius 2 is 1.93 bits per heavy atom. The van der Waals surface area contributed by atoms with Crippen LogP contribution in [0.15, 0.2) is 12.2 Å². The number of halogens is 1. The lowest BCUT2D eigenvalue weighted by molar-refractivity contribution is -0.136. The van der Waals surface area contributed by atoms with Crippen LogP contribution in [0.2, 0.25) is 0 Å². The summed E-state index contributed by atoms with van der Waals surface area (Å²) in [5.74, 6) is -0.421. The maximum Gasteiger partial charge on any atom is 0.253 e. The van der Waals surface area contributed by atoms with Crippen molar-refractivity contribution in [3.63, 3.8) is 0 Å². The minimum absolute atomic E-state index is 0.149. The van der Waals surface area contributed by atoms with E-state index in [4.69, 9.17) is 11.6 Å². The summed E-state index contributed by atoms with van der Waals surface area (Å²) in [6.07, 6.45) is 5.15. The van der Waals surface area contributed by atoms with Crippen molar-refractivity contribution < 1.29 is 9.59 Å². The van der Waals surface area contributed by atoms with Gasteiger partial charge in [-0.15, -0.1) is 11.6 Å². The highest BCUT2D eigenvalue weighted by atomic mass is 35.5. The summed E-state index contributed by atoms with van der Waals surface area (Å²) in [5.41, 5.74) is 0. The molecule has 0 aromatic heterocycles. The van der Waals surface area contributed by atoms with Crippen LogP contribution in [0.1, 0.15) is 26.2 Å². The molecule has 0 aromatic rings. The molecule has 1 atom stereocenters. The van der Waals surface area contributed by atoms with Gasteiger partial charge in [0, 0.05) is 24.1 Å². The quantitative estimate of drug-likeness (QED) is 0.517. The predicted molar refractivity (Wildman–Crippen MR) is 55.0 cm³/mol. The minimum Gasteiger partial charge on any atom is -0.275 e. The normalized spacial score (nSPS) is 18.0. The molecule has 14 heavy (non-hydrogen) atoms. The van der Waals surface area contributed by atoms with Crippen LogP contribution in [0.25, 0.3) is 0 Å². The predicted octanol–water partition coefficient (Wildman–Crippen LogP) is 1.71. The monoisotopic (exact) mass is 215 g/mol. The Kier molecular flexibility index (Phi) is 4.14. The first-order chi connectivity index (χ1) is 6.65. The van der Waals surface area contributed by atoms with E-state index in [9.17, 15) is 9.59 Å². The Hall–Kier alpha value is -0.830. The van der Waals surface area contributed by atoms with Gasteiger partial charge in [0.25, 0.3) is 11.8 Å². The van der Waals surface area contributed by atoms with E-state index in [0.717, 1.165) is 19.3 Å². The molecule has 0 saturated carbocycles. The summed E-state index contributed by atoms with van der Waals surface area (Å²) in [5, 5.41) is 0.149. The van der Waals surface area contributed by atoms with Gasteiger partial charge < -0.3 is 0 Å². The van der Waals surface area contributed by atoms with Gasteiger partial charge in [0.15, 0.2) is 0 Å². The highest BCUT2D eigenvalue weighted by molar-refractivity contribution is 6.20. The van der Waals surface area contributed by atoms with Crippen LogP contribution in [-0.2, 0) is 9.59 Å². The van der Waals surface area contributed by atoms with Crippen molar-refractivity contribution in [3.8, 4) is 0 Å². The van der Waals surface area contributed by atoms with E-state index in [1.54, 1.807) is 0 Å². The molecule has 1 aliphatic rings. The number of alkyl halides is 1. The molecule has 0 saturated heterocycles. The number of rotatable bonds is 5. The zero-order valence-electron chi connectivity index (χ0n) is 8.20. The molecule has 0 spiro atoms. The van der Waals surface area contributed by atoms with Crippen LogP contribution in [0, 0.1) is 0 Å². The van der Waals surface area contributed by atoms with Crippen molar-refractivity contribution in [3.05, 3.63) is 12.2 Å². The first kappa shape index (κ1) is 11.2. The third-order valence-corrected chi connectivity index (χ3v) is 2.77. The molecule has 3 nitrogen and oxygen atoms in total. The summed E-state index contributed by atoms with van der Waals surface area (Å²) in [7, 11) is 0. The van der Waals surface area contributed by atoms with E-state index in [2.05, 4.69) is 0 Å². The zero-order valence-corrected chi connectivity index (χ0v) is 8.96. The molecule has 0 aromatic carbocycles. The minimum atomic E-state index is -0.211. The summed E-state index contributed by atoms with van der Waals surface area (Å²) < 4.78 is 0. The van der Waals surface area contributed by atoms with Crippen LogP contribution >= 0.6 is 11.6 Å². The lowest BCUT2D eigenvalue weighted by Crippen LogP contribution is -2.31. The van der Waals surface area contributed by atoms with Crippen molar-refractivity contribution in [2.24, 2.45) is 0 Å². The topological polar surface area (TPSA) is 37.4 Å². The molecular weight excluding hydrogens is 202 g/mol. The molecule has 1 rings (SSSR count). The van der Waals surface area contributed by atoms with Crippen LogP contribution in [0.5, 0.6) is 0 Å². The number of hydrogen-bond acceptors (Lipinski definition) is 2. The zero-order chi connectivity index (χ0) is 10.6. The van der Waals surface area contributed by atoms with Crippen LogP contribution < -0.4 is 0 Å². The van der Waals surface area contributed by atoms with Gasteiger partial charge in [-0.25, -0.2) is 0 Å². The summed E-state index contributed by atoms with van der Waals surface area (Å²) in [6, 6.07) is 0. The average molecular weight is 216 g/mol. The fourth-order valence-corrected chi connectivity index (χ4v) is 1.48. The Bertz CT molecular complexity index is 245. The van der Waals surface area contributed by atoms with E-state index in [1.807, 2.05) is 6.92 Å². The number of hydrogen-bond donors (Lipinski definition) is 0. The fourth-order valence-electron chi connectivity index (χ4n) is 1.33. The highest BCUT2D eigenvalue weighted by Crippen LogP contribution is 2.11. The first-order valence-corrected chi connectivity index (χ1v) is 5.26. The molecule has 1 aliphatic heterocycles. The standard InChI is InChI=1S/C10H14ClNO2/c1-2-8(11)4-3-7-12-9(13)5-6-10(12)14/h5-6,8H,2-4,7H2,1H3. The van der Waals surface area contributed by atoms with Gasteiger partial charge in [-0.3, -0.25) is 14.5 Å². The fraction of sp³-hybridized carbons (Fsp3) is 0.600. The molecule has 0 bridgehead atoms.